The Kier molecular flexibility index (Phi) is 5.66. The summed E-state index contributed by atoms with van der Waals surface area (Å²) >= 11 is 4.61. The minimum atomic E-state index is -1.04. The zero-order chi connectivity index (χ0) is 21.1. The highest BCUT2D eigenvalue weighted by Gasteiger charge is 2.41. The van der Waals surface area contributed by atoms with Gasteiger partial charge in [-0.2, -0.15) is 0 Å². The van der Waals surface area contributed by atoms with E-state index in [9.17, 15) is 0 Å². The van der Waals surface area contributed by atoms with Crippen LogP contribution in [0.1, 0.15) is 28.5 Å². The van der Waals surface area contributed by atoms with Crippen LogP contribution in [-0.4, -0.2) is 22.1 Å². The number of pyridine rings is 3. The van der Waals surface area contributed by atoms with Crippen LogP contribution in [-0.2, 0) is 10.3 Å². The van der Waals surface area contributed by atoms with Crippen LogP contribution >= 0.6 is 12.6 Å². The molecular weight excluding hydrogens is 390 g/mol. The van der Waals surface area contributed by atoms with Crippen LogP contribution in [0.3, 0.4) is 0 Å². The molecule has 0 bridgehead atoms. The fourth-order valence-corrected chi connectivity index (χ4v) is 3.93. The Balaban J connectivity index is 2.00. The van der Waals surface area contributed by atoms with Gasteiger partial charge in [-0.1, -0.05) is 36.4 Å². The Bertz CT molecular complexity index is 1150. The van der Waals surface area contributed by atoms with Gasteiger partial charge in [-0.3, -0.25) is 9.97 Å². The first-order valence-corrected chi connectivity index (χ1v) is 10.2. The highest BCUT2D eigenvalue weighted by Crippen LogP contribution is 2.38. The van der Waals surface area contributed by atoms with Crippen molar-refractivity contribution in [2.75, 3.05) is 7.11 Å². The number of thiol groups is 1. The number of aryl methyl sites for hydroxylation is 2. The lowest BCUT2D eigenvalue weighted by Crippen LogP contribution is -2.35. The quantitative estimate of drug-likeness (QED) is 0.446. The van der Waals surface area contributed by atoms with E-state index in [0.717, 1.165) is 44.6 Å². The van der Waals surface area contributed by atoms with Gasteiger partial charge in [-0.05, 0) is 56.3 Å². The molecule has 3 aromatic heterocycles. The van der Waals surface area contributed by atoms with Crippen LogP contribution in [0.5, 0.6) is 0 Å². The van der Waals surface area contributed by atoms with Crippen LogP contribution < -0.4 is 0 Å². The van der Waals surface area contributed by atoms with Crippen molar-refractivity contribution in [2.45, 2.75) is 24.3 Å². The van der Waals surface area contributed by atoms with Crippen LogP contribution in [0, 0.1) is 13.8 Å². The van der Waals surface area contributed by atoms with Crippen molar-refractivity contribution in [3.8, 4) is 11.3 Å². The topological polar surface area (TPSA) is 47.9 Å². The molecule has 0 aliphatic carbocycles. The summed E-state index contributed by atoms with van der Waals surface area (Å²) in [7, 11) is 1.68. The first kappa shape index (κ1) is 20.3. The molecule has 0 spiro atoms. The standard InChI is InChI=1S/C25H23N3OS/c1-17-9-6-14-22(26-17)25(29-3,23-15-7-10-18(2)27-23)24-16-8-12-20(28-24)19-11-4-5-13-21(19)30/h4-16,30H,1-3H3. The summed E-state index contributed by atoms with van der Waals surface area (Å²) in [6, 6.07) is 25.7. The first-order valence-electron chi connectivity index (χ1n) is 9.74. The lowest BCUT2D eigenvalue weighted by Gasteiger charge is -2.31. The molecule has 0 unspecified atom stereocenters. The fourth-order valence-electron chi connectivity index (χ4n) is 3.66. The van der Waals surface area contributed by atoms with Gasteiger partial charge in [0.05, 0.1) is 22.8 Å². The van der Waals surface area contributed by atoms with E-state index in [1.54, 1.807) is 7.11 Å². The predicted molar refractivity (Wildman–Crippen MR) is 122 cm³/mol. The Morgan fingerprint density at radius 1 is 0.667 bits per heavy atom. The van der Waals surface area contributed by atoms with Crippen molar-refractivity contribution >= 4 is 12.6 Å². The number of aromatic nitrogens is 3. The smallest absolute Gasteiger partial charge is 0.193 e. The van der Waals surface area contributed by atoms with Gasteiger partial charge in [0.15, 0.2) is 5.60 Å². The maximum Gasteiger partial charge on any atom is 0.193 e. The number of hydrogen-bond donors (Lipinski definition) is 1. The molecule has 0 atom stereocenters. The van der Waals surface area contributed by atoms with Crippen LogP contribution in [0.15, 0.2) is 83.8 Å². The molecule has 0 amide bonds. The third kappa shape index (κ3) is 3.62. The maximum atomic E-state index is 6.22. The Morgan fingerprint density at radius 3 is 1.73 bits per heavy atom. The average Bonchev–Trinajstić information content (AvgIpc) is 2.75. The number of benzene rings is 1. The van der Waals surface area contributed by atoms with Crippen LogP contribution in [0.4, 0.5) is 0 Å². The van der Waals surface area contributed by atoms with Crippen molar-refractivity contribution < 1.29 is 4.74 Å². The highest BCUT2D eigenvalue weighted by atomic mass is 32.1. The minimum absolute atomic E-state index is 0.718. The summed E-state index contributed by atoms with van der Waals surface area (Å²) < 4.78 is 6.22. The van der Waals surface area contributed by atoms with E-state index < -0.39 is 5.60 Å². The largest absolute Gasteiger partial charge is 0.359 e. The SMILES string of the molecule is COC(c1cccc(C)n1)(c1cccc(C)n1)c1cccc(-c2ccccc2S)n1. The lowest BCUT2D eigenvalue weighted by atomic mass is 9.88. The molecular formula is C25H23N3OS. The molecule has 30 heavy (non-hydrogen) atoms. The first-order chi connectivity index (χ1) is 14.5. The highest BCUT2D eigenvalue weighted by molar-refractivity contribution is 7.80. The van der Waals surface area contributed by atoms with Crippen molar-refractivity contribution in [1.29, 1.82) is 0 Å². The second-order valence-electron chi connectivity index (χ2n) is 7.14. The van der Waals surface area contributed by atoms with Crippen molar-refractivity contribution in [1.82, 2.24) is 15.0 Å². The molecule has 3 heterocycles. The summed E-state index contributed by atoms with van der Waals surface area (Å²) in [5, 5.41) is 0. The van der Waals surface area contributed by atoms with E-state index in [1.165, 1.54) is 0 Å². The maximum absolute atomic E-state index is 6.22. The van der Waals surface area contributed by atoms with Gasteiger partial charge in [0.1, 0.15) is 0 Å². The molecule has 1 aromatic carbocycles. The normalized spacial score (nSPS) is 11.5. The summed E-state index contributed by atoms with van der Waals surface area (Å²) in [5.74, 6) is 0. The van der Waals surface area contributed by atoms with E-state index >= 15 is 0 Å². The summed E-state index contributed by atoms with van der Waals surface area (Å²) in [5.41, 5.74) is 4.74. The Morgan fingerprint density at radius 2 is 1.20 bits per heavy atom. The Hall–Kier alpha value is -3.02. The minimum Gasteiger partial charge on any atom is -0.359 e. The monoisotopic (exact) mass is 413 g/mol. The molecule has 0 fully saturated rings. The van der Waals surface area contributed by atoms with Crippen molar-refractivity contribution in [2.24, 2.45) is 0 Å². The molecule has 4 aromatic rings. The summed E-state index contributed by atoms with van der Waals surface area (Å²) in [4.78, 5) is 15.5. The molecule has 150 valence electrons. The van der Waals surface area contributed by atoms with Gasteiger partial charge in [0, 0.05) is 29.0 Å². The van der Waals surface area contributed by atoms with Gasteiger partial charge in [0.2, 0.25) is 0 Å². The fraction of sp³-hybridized carbons (Fsp3) is 0.160. The number of rotatable bonds is 5. The third-order valence-electron chi connectivity index (χ3n) is 5.09. The lowest BCUT2D eigenvalue weighted by molar-refractivity contribution is 0.0473. The van der Waals surface area contributed by atoms with Gasteiger partial charge in [-0.25, -0.2) is 4.98 Å². The third-order valence-corrected chi connectivity index (χ3v) is 5.48. The molecule has 0 saturated carbocycles. The zero-order valence-corrected chi connectivity index (χ0v) is 18.1. The van der Waals surface area contributed by atoms with E-state index in [2.05, 4.69) is 12.6 Å². The van der Waals surface area contributed by atoms with Gasteiger partial charge in [-0.15, -0.1) is 12.6 Å². The number of hydrogen-bond acceptors (Lipinski definition) is 5. The molecule has 0 aliphatic rings. The molecule has 4 nitrogen and oxygen atoms in total. The van der Waals surface area contributed by atoms with Crippen LogP contribution in [0.2, 0.25) is 0 Å². The average molecular weight is 414 g/mol. The van der Waals surface area contributed by atoms with Gasteiger partial charge >= 0.3 is 0 Å². The summed E-state index contributed by atoms with van der Waals surface area (Å²) in [6.45, 7) is 3.93. The predicted octanol–water partition coefficient (Wildman–Crippen LogP) is 5.38. The second kappa shape index (κ2) is 8.38. The summed E-state index contributed by atoms with van der Waals surface area (Å²) in [6.07, 6.45) is 0. The van der Waals surface area contributed by atoms with Gasteiger partial charge < -0.3 is 4.74 Å². The zero-order valence-electron chi connectivity index (χ0n) is 17.2. The number of methoxy groups -OCH3 is 1. The molecule has 0 saturated heterocycles. The Labute approximate surface area is 182 Å². The molecule has 0 N–H and O–H groups in total. The van der Waals surface area contributed by atoms with Gasteiger partial charge in [0.25, 0.3) is 0 Å². The van der Waals surface area contributed by atoms with E-state index in [0.29, 0.717) is 0 Å². The van der Waals surface area contributed by atoms with E-state index in [1.807, 2.05) is 92.7 Å². The van der Waals surface area contributed by atoms with E-state index in [-0.39, 0.29) is 0 Å². The molecule has 5 heteroatoms. The van der Waals surface area contributed by atoms with E-state index in [4.69, 9.17) is 19.7 Å². The second-order valence-corrected chi connectivity index (χ2v) is 7.62. The van der Waals surface area contributed by atoms with Crippen LogP contribution in [0.25, 0.3) is 11.3 Å². The number of nitrogens with zero attached hydrogens (tertiary/aromatic N) is 3. The molecule has 4 rings (SSSR count). The van der Waals surface area contributed by atoms with Crippen molar-refractivity contribution in [3.63, 3.8) is 0 Å². The number of ether oxygens (including phenoxy) is 1. The molecule has 0 radical (unpaired) electrons. The molecule has 0 aliphatic heterocycles. The van der Waals surface area contributed by atoms with Crippen molar-refractivity contribution in [3.05, 3.63) is 107 Å².